The maximum absolute atomic E-state index is 12.7. The van der Waals surface area contributed by atoms with Gasteiger partial charge in [-0.05, 0) is 109 Å². The Morgan fingerprint density at radius 2 is 0.851 bits per heavy atom. The third-order valence-corrected chi connectivity index (χ3v) is 24.4. The van der Waals surface area contributed by atoms with E-state index in [1.807, 2.05) is 13.7 Å². The fourth-order valence-electron chi connectivity index (χ4n) is 18.5. The van der Waals surface area contributed by atoms with Gasteiger partial charge >= 0.3 is 5.97 Å². The first-order valence-corrected chi connectivity index (χ1v) is 41.8. The minimum atomic E-state index is -0.887. The van der Waals surface area contributed by atoms with Crippen LogP contribution in [0.3, 0.4) is 0 Å². The number of halogens is 2. The molecule has 654 valence electrons. The molecule has 38 heteroatoms. The number of esters is 1. The highest BCUT2D eigenvalue weighted by Crippen LogP contribution is 2.45. The molecular formula is C83H102Cl2N10O26. The van der Waals surface area contributed by atoms with E-state index in [4.69, 9.17) is 81.1 Å². The van der Waals surface area contributed by atoms with Gasteiger partial charge in [-0.2, -0.15) is 0 Å². The van der Waals surface area contributed by atoms with Crippen molar-refractivity contribution < 1.29 is 95.9 Å². The zero-order valence-corrected chi connectivity index (χ0v) is 70.1. The maximum Gasteiger partial charge on any atom is 0.378 e. The van der Waals surface area contributed by atoms with Crippen LogP contribution in [0.2, 0.25) is 0 Å². The summed E-state index contributed by atoms with van der Waals surface area (Å²) in [5.74, 6) is -0.382. The van der Waals surface area contributed by atoms with E-state index in [1.165, 1.54) is 72.9 Å². The van der Waals surface area contributed by atoms with Crippen molar-refractivity contribution >= 4 is 58.6 Å². The van der Waals surface area contributed by atoms with Crippen LogP contribution in [0.5, 0.6) is 34.5 Å². The van der Waals surface area contributed by atoms with Gasteiger partial charge in [-0.3, -0.25) is 52.7 Å². The van der Waals surface area contributed by atoms with Gasteiger partial charge in [-0.1, -0.05) is 0 Å². The van der Waals surface area contributed by atoms with Crippen LogP contribution in [-0.4, -0.2) is 245 Å². The number of ether oxygens (including phenoxy) is 10. The van der Waals surface area contributed by atoms with Crippen molar-refractivity contribution in [3.05, 3.63) is 166 Å². The minimum Gasteiger partial charge on any atom is -0.491 e. The van der Waals surface area contributed by atoms with Gasteiger partial charge in [-0.25, -0.2) is 4.79 Å². The van der Waals surface area contributed by atoms with E-state index in [-0.39, 0.29) is 170 Å². The average Bonchev–Trinajstić information content (AvgIpc) is 1.64. The summed E-state index contributed by atoms with van der Waals surface area (Å²) in [6.45, 7) is 4.25. The predicted octanol–water partition coefficient (Wildman–Crippen LogP) is 4.00. The van der Waals surface area contributed by atoms with Crippen LogP contribution in [0, 0.1) is 0 Å². The Morgan fingerprint density at radius 1 is 0.479 bits per heavy atom. The number of fused-ring (bicyclic) bond motifs is 7. The van der Waals surface area contributed by atoms with Gasteiger partial charge in [0.05, 0.1) is 113 Å². The lowest BCUT2D eigenvalue weighted by molar-refractivity contribution is -0.109. The summed E-state index contributed by atoms with van der Waals surface area (Å²) in [7, 11) is 9.53. The van der Waals surface area contributed by atoms with Gasteiger partial charge in [0.1, 0.15) is 17.7 Å². The van der Waals surface area contributed by atoms with Crippen LogP contribution in [-0.2, 0) is 57.5 Å². The molecule has 0 radical (unpaired) electrons. The number of hydrogen-bond acceptors (Lipinski definition) is 27. The first-order valence-electron chi connectivity index (χ1n) is 40.7. The molecule has 6 aromatic rings. The van der Waals surface area contributed by atoms with Crippen molar-refractivity contribution in [3.8, 4) is 34.5 Å². The van der Waals surface area contributed by atoms with Crippen LogP contribution in [0.15, 0.2) is 69.6 Å². The van der Waals surface area contributed by atoms with Crippen molar-refractivity contribution in [2.75, 3.05) is 121 Å². The molecule has 0 spiro atoms. The predicted molar refractivity (Wildman–Crippen MR) is 434 cm³/mol. The summed E-state index contributed by atoms with van der Waals surface area (Å²) in [4.78, 5) is 154. The largest absolute Gasteiger partial charge is 0.491 e. The van der Waals surface area contributed by atoms with Crippen molar-refractivity contribution in [1.82, 2.24) is 42.4 Å². The van der Waals surface area contributed by atoms with Crippen LogP contribution in [0.4, 0.5) is 0 Å². The Kier molecular flexibility index (Phi) is 28.2. The van der Waals surface area contributed by atoms with E-state index >= 15 is 0 Å². The molecule has 12 aliphatic rings. The van der Waals surface area contributed by atoms with Crippen molar-refractivity contribution in [1.29, 1.82) is 0 Å². The Bertz CT molecular complexity index is 5020. The van der Waals surface area contributed by atoms with Crippen LogP contribution < -0.4 is 66.7 Å². The summed E-state index contributed by atoms with van der Waals surface area (Å²) in [6.07, 6.45) is 12.0. The second-order valence-corrected chi connectivity index (χ2v) is 31.6. The number of aliphatic hydroxyl groups is 3. The van der Waals surface area contributed by atoms with Gasteiger partial charge in [0.2, 0.25) is 38.3 Å². The monoisotopic (exact) mass is 1720 g/mol. The Labute approximate surface area is 703 Å². The van der Waals surface area contributed by atoms with Gasteiger partial charge in [0.15, 0.2) is 76.0 Å². The lowest BCUT2D eigenvalue weighted by Gasteiger charge is -2.44. The molecule has 3 saturated heterocycles. The number of pyridine rings is 5. The first-order chi connectivity index (χ1) is 58.4. The number of ketones is 1. The number of carbonyl (C=O) groups is 6. The third kappa shape index (κ3) is 16.8. The van der Waals surface area contributed by atoms with Crippen LogP contribution >= 0.6 is 23.2 Å². The van der Waals surface area contributed by atoms with Gasteiger partial charge in [0.25, 0.3) is 29.4 Å². The SMILES string of the molecule is COC(=O)c1oc(CCC(N)CO)cc(=O)c1OC.COc1c(C(=O)CCCCCl)n2c(cc1=O)CCC2CO.COc1c2n3c(cc1=O)CCC3C(O)N(CCCCl)C2=O.COc1c2n3c(cc1=O)CCC3C1OCCCN1C2=O.COc1c2n3c(cc1=O)CCC3C1OCCCN1C2=O.COc1c2n3c(cc1=O)CCC3C1OCCCN1C2=O. The molecule has 5 N–H and O–H groups in total. The molecule has 3 fully saturated rings. The topological polar surface area (TPSA) is 435 Å². The molecule has 0 saturated carbocycles. The lowest BCUT2D eigenvalue weighted by atomic mass is 10.1. The molecule has 12 aliphatic heterocycles. The molecule has 121 heavy (non-hydrogen) atoms. The number of aryl methyl sites for hydroxylation is 6. The van der Waals surface area contributed by atoms with Gasteiger partial charge < -0.3 is 115 Å². The summed E-state index contributed by atoms with van der Waals surface area (Å²) >= 11 is 11.3. The quantitative estimate of drug-likeness (QED) is 0.0363. The smallest absolute Gasteiger partial charge is 0.378 e. The second kappa shape index (κ2) is 38.5. The minimum absolute atomic E-state index is 0.0541. The zero-order chi connectivity index (χ0) is 86.5. The van der Waals surface area contributed by atoms with Gasteiger partial charge in [-0.15, -0.1) is 23.2 Å². The highest BCUT2D eigenvalue weighted by atomic mass is 35.5. The molecule has 6 aromatic heterocycles. The molecule has 18 heterocycles. The van der Waals surface area contributed by atoms with Crippen LogP contribution in [0.25, 0.3) is 0 Å². The first kappa shape index (κ1) is 88.6. The molecule has 0 bridgehead atoms. The van der Waals surface area contributed by atoms with E-state index in [1.54, 1.807) is 42.0 Å². The van der Waals surface area contributed by atoms with Crippen molar-refractivity contribution in [3.63, 3.8) is 0 Å². The number of alkyl halides is 2. The number of hydrogen-bond donors (Lipinski definition) is 4. The third-order valence-electron chi connectivity index (χ3n) is 23.9. The number of methoxy groups -OCH3 is 7. The molecule has 10 unspecified atom stereocenters. The highest BCUT2D eigenvalue weighted by molar-refractivity contribution is 6.18. The molecule has 0 aromatic carbocycles. The number of unbranched alkanes of at least 4 members (excludes halogenated alkanes) is 1. The van der Waals surface area contributed by atoms with Crippen molar-refractivity contribution in [2.24, 2.45) is 5.73 Å². The number of aromatic nitrogens is 5. The number of nitrogens with zero attached hydrogens (tertiary/aromatic N) is 9. The van der Waals surface area contributed by atoms with E-state index in [9.17, 15) is 67.7 Å². The summed E-state index contributed by atoms with van der Waals surface area (Å²) in [5.41, 5.74) is 9.96. The number of aliphatic hydroxyl groups excluding tert-OH is 3. The number of amides is 4. The summed E-state index contributed by atoms with van der Waals surface area (Å²) in [6, 6.07) is 8.52. The molecule has 4 amide bonds. The van der Waals surface area contributed by atoms with E-state index in [0.717, 1.165) is 99.1 Å². The standard InChI is InChI=1S/C15H20ClNO4.C14H17ClN2O4.3C14H16N2O4.C12H17NO6/c1-21-15-13(20)8-10-5-6-11(9-18)17(10)14(15)12(19)4-2-3-7-16;1-21-12-10(18)7-8-3-4-9-13(19)16(6-2-5-15)14(20)11(12)17(8)9;3*1-19-12-10(17)7-8-3-4-9-14-15(5-2-6-20-14)13(18)11(12)16(8)9;1-17-10-9(15)5-8(4-3-7(13)6-14)19-11(10)12(16)18-2/h8,11,18H,2-7,9H2,1H3;7,9,13,19H,2-6H2,1H3;3*7,9,14H,2-6H2,1H3;5,7,14H,3-4,6,13H2,1-2H3. The summed E-state index contributed by atoms with van der Waals surface area (Å²) in [5, 5.41) is 28.8. The maximum atomic E-state index is 12.7. The van der Waals surface area contributed by atoms with E-state index < -0.39 is 23.7 Å². The Morgan fingerprint density at radius 3 is 1.24 bits per heavy atom. The number of nitrogens with two attached hydrogens (primary N) is 1. The van der Waals surface area contributed by atoms with Crippen molar-refractivity contribution in [2.45, 2.75) is 183 Å². The Hall–Kier alpha value is -10.2. The average molecular weight is 1730 g/mol. The lowest BCUT2D eigenvalue weighted by Crippen LogP contribution is -2.55. The molecule has 36 nitrogen and oxygen atoms in total. The van der Waals surface area contributed by atoms with Gasteiger partial charge in [0, 0.05) is 122 Å². The number of Topliss-reactive ketones (excluding diaryl/α,β-unsaturated/α-hetero) is 1. The fourth-order valence-corrected chi connectivity index (χ4v) is 18.8. The summed E-state index contributed by atoms with van der Waals surface area (Å²) < 4.78 is 67.4. The Balaban J connectivity index is 0.000000125. The number of rotatable bonds is 20. The van der Waals surface area contributed by atoms with Crippen LogP contribution in [0.1, 0.15) is 211 Å². The normalized spacial score (nSPS) is 22.4. The second-order valence-electron chi connectivity index (χ2n) is 30.8. The molecule has 0 aliphatic carbocycles. The number of carbonyl (C=O) groups excluding carboxylic acids is 6. The highest BCUT2D eigenvalue weighted by Gasteiger charge is 2.51. The zero-order valence-electron chi connectivity index (χ0n) is 68.5. The molecule has 10 atom stereocenters. The fraction of sp³-hybridized carbons (Fsp3) is 0.566. The molecular weight excluding hydrogens is 1620 g/mol. The molecule has 18 rings (SSSR count). The van der Waals surface area contributed by atoms with E-state index in [0.29, 0.717) is 132 Å². The van der Waals surface area contributed by atoms with E-state index in [2.05, 4.69) is 4.74 Å².